The van der Waals surface area contributed by atoms with Gasteiger partial charge in [0.25, 0.3) is 0 Å². The lowest BCUT2D eigenvalue weighted by molar-refractivity contribution is 0.823. The molecule has 6 rings (SSSR count). The summed E-state index contributed by atoms with van der Waals surface area (Å²) in [7, 11) is 0. The Kier molecular flexibility index (Phi) is 6.16. The number of nitrogens with one attached hydrogen (secondary N) is 1. The van der Waals surface area contributed by atoms with E-state index in [4.69, 9.17) is 4.99 Å². The highest BCUT2D eigenvalue weighted by molar-refractivity contribution is 6.03. The molecule has 6 aromatic carbocycles. The monoisotopic (exact) mass is 478 g/mol. The normalized spacial score (nSPS) is 12.6. The van der Waals surface area contributed by atoms with Gasteiger partial charge in [-0.1, -0.05) is 97.1 Å². The molecule has 0 aliphatic heterocycles. The zero-order valence-corrected chi connectivity index (χ0v) is 21.3. The van der Waals surface area contributed by atoms with E-state index < -0.39 is 0 Å². The smallest absolute Gasteiger partial charge is 0.0655 e. The fraction of sp³-hybridized carbons (Fsp3) is 0.114. The minimum atomic E-state index is 0.658. The van der Waals surface area contributed by atoms with Crippen LogP contribution in [0.5, 0.6) is 0 Å². The molecular formula is C35H30N2. The number of hydrogen-bond acceptors (Lipinski definition) is 2. The molecule has 0 fully saturated rings. The van der Waals surface area contributed by atoms with Crippen LogP contribution in [-0.4, -0.2) is 5.71 Å². The third kappa shape index (κ3) is 4.59. The maximum atomic E-state index is 4.99. The van der Waals surface area contributed by atoms with Crippen molar-refractivity contribution in [3.63, 3.8) is 0 Å². The summed E-state index contributed by atoms with van der Waals surface area (Å²) in [5.41, 5.74) is 4.75. The summed E-state index contributed by atoms with van der Waals surface area (Å²) in [6.07, 6.45) is 2.15. The molecule has 0 saturated heterocycles. The van der Waals surface area contributed by atoms with E-state index in [0.717, 1.165) is 18.0 Å². The van der Waals surface area contributed by atoms with Crippen molar-refractivity contribution < 1.29 is 0 Å². The molecule has 1 N–H and O–H groups in total. The second-order valence-electron chi connectivity index (χ2n) is 9.73. The number of allylic oxidation sites excluding steroid dienone is 2. The third-order valence-corrected chi connectivity index (χ3v) is 7.22. The molecule has 0 aromatic heterocycles. The summed E-state index contributed by atoms with van der Waals surface area (Å²) in [5.74, 6) is 0. The van der Waals surface area contributed by atoms with Crippen LogP contribution in [-0.2, 0) is 13.1 Å². The second-order valence-corrected chi connectivity index (χ2v) is 9.73. The Morgan fingerprint density at radius 1 is 0.595 bits per heavy atom. The van der Waals surface area contributed by atoms with Crippen molar-refractivity contribution in [1.29, 1.82) is 0 Å². The van der Waals surface area contributed by atoms with Crippen molar-refractivity contribution in [2.75, 3.05) is 0 Å². The number of aliphatic imine (C=N–C) groups is 1. The molecule has 180 valence electrons. The van der Waals surface area contributed by atoms with Crippen LogP contribution >= 0.6 is 0 Å². The lowest BCUT2D eigenvalue weighted by atomic mass is 9.96. The van der Waals surface area contributed by atoms with Crippen LogP contribution in [0.15, 0.2) is 126 Å². The Morgan fingerprint density at radius 3 is 1.46 bits per heavy atom. The number of fused-ring (bicyclic) bond motifs is 4. The average molecular weight is 479 g/mol. The predicted octanol–water partition coefficient (Wildman–Crippen LogP) is 8.95. The first-order valence-corrected chi connectivity index (χ1v) is 12.9. The topological polar surface area (TPSA) is 24.4 Å². The number of rotatable bonds is 6. The molecule has 6 aromatic rings. The Balaban J connectivity index is 1.27. The summed E-state index contributed by atoms with van der Waals surface area (Å²) >= 11 is 0. The molecule has 0 bridgehead atoms. The summed E-state index contributed by atoms with van der Waals surface area (Å²) in [6, 6.07) is 39.1. The van der Waals surface area contributed by atoms with Crippen LogP contribution in [0.1, 0.15) is 25.0 Å². The van der Waals surface area contributed by atoms with Gasteiger partial charge in [0.05, 0.1) is 6.54 Å². The van der Waals surface area contributed by atoms with Gasteiger partial charge in [-0.05, 0) is 86.3 Å². The van der Waals surface area contributed by atoms with E-state index >= 15 is 0 Å². The molecule has 0 aliphatic rings. The van der Waals surface area contributed by atoms with E-state index in [0.29, 0.717) is 6.54 Å². The van der Waals surface area contributed by atoms with Crippen molar-refractivity contribution in [1.82, 2.24) is 5.32 Å². The van der Waals surface area contributed by atoms with Crippen molar-refractivity contribution in [2.24, 2.45) is 4.99 Å². The SMILES string of the molecule is CC(/C=C(\C)NCc1c2ccccc2cc2ccccc12)=NCc1c2ccccc2cc2ccccc12. The average Bonchev–Trinajstić information content (AvgIpc) is 2.93. The Labute approximate surface area is 218 Å². The number of hydrogen-bond donors (Lipinski definition) is 1. The summed E-state index contributed by atoms with van der Waals surface area (Å²) < 4.78 is 0. The maximum Gasteiger partial charge on any atom is 0.0655 e. The minimum Gasteiger partial charge on any atom is -0.384 e. The van der Waals surface area contributed by atoms with Gasteiger partial charge in [-0.2, -0.15) is 0 Å². The van der Waals surface area contributed by atoms with Crippen molar-refractivity contribution in [3.8, 4) is 0 Å². The van der Waals surface area contributed by atoms with Gasteiger partial charge in [0, 0.05) is 18.0 Å². The second kappa shape index (κ2) is 9.91. The van der Waals surface area contributed by atoms with E-state index in [-0.39, 0.29) is 0 Å². The van der Waals surface area contributed by atoms with Gasteiger partial charge in [0.1, 0.15) is 0 Å². The van der Waals surface area contributed by atoms with Crippen LogP contribution in [0.3, 0.4) is 0 Å². The molecule has 0 radical (unpaired) electrons. The van der Waals surface area contributed by atoms with Gasteiger partial charge in [-0.15, -0.1) is 0 Å². The van der Waals surface area contributed by atoms with Crippen molar-refractivity contribution >= 4 is 48.8 Å². The molecule has 0 heterocycles. The van der Waals surface area contributed by atoms with E-state index in [1.807, 2.05) is 0 Å². The Bertz CT molecular complexity index is 1720. The quantitative estimate of drug-likeness (QED) is 0.187. The molecular weight excluding hydrogens is 448 g/mol. The van der Waals surface area contributed by atoms with Gasteiger partial charge >= 0.3 is 0 Å². The largest absolute Gasteiger partial charge is 0.384 e. The molecule has 2 heteroatoms. The Hall–Kier alpha value is -4.43. The number of nitrogens with zero attached hydrogens (tertiary/aromatic N) is 1. The van der Waals surface area contributed by atoms with Gasteiger partial charge in [0.2, 0.25) is 0 Å². The summed E-state index contributed by atoms with van der Waals surface area (Å²) in [5, 5.41) is 13.9. The molecule has 0 amide bonds. The van der Waals surface area contributed by atoms with Crippen LogP contribution in [0.2, 0.25) is 0 Å². The molecule has 37 heavy (non-hydrogen) atoms. The van der Waals surface area contributed by atoms with E-state index in [2.05, 4.69) is 134 Å². The molecule has 0 unspecified atom stereocenters. The highest BCUT2D eigenvalue weighted by Gasteiger charge is 2.08. The highest BCUT2D eigenvalue weighted by Crippen LogP contribution is 2.30. The van der Waals surface area contributed by atoms with Crippen LogP contribution in [0.4, 0.5) is 0 Å². The van der Waals surface area contributed by atoms with Gasteiger partial charge < -0.3 is 5.32 Å². The van der Waals surface area contributed by atoms with Crippen LogP contribution in [0, 0.1) is 0 Å². The summed E-state index contributed by atoms with van der Waals surface area (Å²) in [4.78, 5) is 4.99. The molecule has 0 saturated carbocycles. The van der Waals surface area contributed by atoms with Crippen LogP contribution in [0.25, 0.3) is 43.1 Å². The third-order valence-electron chi connectivity index (χ3n) is 7.22. The van der Waals surface area contributed by atoms with Crippen molar-refractivity contribution in [3.05, 3.63) is 132 Å². The fourth-order valence-electron chi connectivity index (χ4n) is 5.42. The molecule has 0 atom stereocenters. The summed E-state index contributed by atoms with van der Waals surface area (Å²) in [6.45, 7) is 5.64. The van der Waals surface area contributed by atoms with E-state index in [1.54, 1.807) is 0 Å². The Morgan fingerprint density at radius 2 is 1.00 bits per heavy atom. The number of benzene rings is 6. The van der Waals surface area contributed by atoms with E-state index in [1.165, 1.54) is 54.2 Å². The maximum absolute atomic E-state index is 4.99. The van der Waals surface area contributed by atoms with Crippen molar-refractivity contribution in [2.45, 2.75) is 26.9 Å². The lowest BCUT2D eigenvalue weighted by Crippen LogP contribution is -2.12. The molecule has 0 spiro atoms. The van der Waals surface area contributed by atoms with Gasteiger partial charge in [0.15, 0.2) is 0 Å². The van der Waals surface area contributed by atoms with Gasteiger partial charge in [-0.25, -0.2) is 0 Å². The first-order chi connectivity index (χ1) is 18.2. The van der Waals surface area contributed by atoms with E-state index in [9.17, 15) is 0 Å². The van der Waals surface area contributed by atoms with Gasteiger partial charge in [-0.3, -0.25) is 4.99 Å². The zero-order valence-electron chi connectivity index (χ0n) is 21.3. The minimum absolute atomic E-state index is 0.658. The lowest BCUT2D eigenvalue weighted by Gasteiger charge is -2.14. The standard InChI is InChI=1S/C35H30N2/c1-24(36-22-34-30-15-7-3-11-26(30)20-27-12-4-8-16-31(27)34)19-25(2)37-23-35-32-17-9-5-13-28(32)21-29-14-6-10-18-33(29)35/h3-21,36H,22-23H2,1-2H3/b24-19+,37-25?. The molecule has 2 nitrogen and oxygen atoms in total. The zero-order chi connectivity index (χ0) is 25.2. The first-order valence-electron chi connectivity index (χ1n) is 12.9. The first kappa shape index (κ1) is 23.0. The van der Waals surface area contributed by atoms with Crippen LogP contribution < -0.4 is 5.32 Å². The predicted molar refractivity (Wildman–Crippen MR) is 160 cm³/mol. The highest BCUT2D eigenvalue weighted by atomic mass is 14.9. The molecule has 0 aliphatic carbocycles. The fourth-order valence-corrected chi connectivity index (χ4v) is 5.42.